The zero-order valence-corrected chi connectivity index (χ0v) is 12.9. The Labute approximate surface area is 126 Å². The van der Waals surface area contributed by atoms with E-state index in [1.54, 1.807) is 7.11 Å². The van der Waals surface area contributed by atoms with Crippen molar-refractivity contribution in [3.63, 3.8) is 0 Å². The molecule has 0 spiro atoms. The van der Waals surface area contributed by atoms with E-state index in [1.807, 2.05) is 18.2 Å². The van der Waals surface area contributed by atoms with Crippen LogP contribution in [0.1, 0.15) is 12.5 Å². The third-order valence-electron chi connectivity index (χ3n) is 3.52. The fourth-order valence-electron chi connectivity index (χ4n) is 2.41. The third kappa shape index (κ3) is 4.63. The van der Waals surface area contributed by atoms with Gasteiger partial charge in [0.15, 0.2) is 0 Å². The minimum Gasteiger partial charge on any atom is -0.496 e. The third-order valence-corrected chi connectivity index (χ3v) is 3.75. The van der Waals surface area contributed by atoms with Crippen LogP contribution < -0.4 is 10.1 Å². The maximum Gasteiger partial charge on any atom is 0.123 e. The molecule has 1 heterocycles. The topological polar surface area (TPSA) is 33.7 Å². The minimum atomic E-state index is 0.414. The van der Waals surface area contributed by atoms with E-state index in [2.05, 4.69) is 17.1 Å². The summed E-state index contributed by atoms with van der Waals surface area (Å²) in [6.07, 6.45) is 0. The molecule has 1 saturated heterocycles. The summed E-state index contributed by atoms with van der Waals surface area (Å²) in [6, 6.07) is 6.12. The summed E-state index contributed by atoms with van der Waals surface area (Å²) in [6.45, 7) is 7.72. The number of ether oxygens (including phenoxy) is 2. The molecule has 1 aliphatic heterocycles. The first-order chi connectivity index (χ1) is 9.69. The SMILES string of the molecule is COc1ccc(Cl)cc1CNC(C)CN1CCOCC1. The van der Waals surface area contributed by atoms with Gasteiger partial charge in [-0.05, 0) is 25.1 Å². The van der Waals surface area contributed by atoms with Gasteiger partial charge < -0.3 is 14.8 Å². The van der Waals surface area contributed by atoms with Gasteiger partial charge in [-0.25, -0.2) is 0 Å². The quantitative estimate of drug-likeness (QED) is 0.873. The van der Waals surface area contributed by atoms with Crippen LogP contribution in [0, 0.1) is 0 Å². The van der Waals surface area contributed by atoms with Gasteiger partial charge in [0.1, 0.15) is 5.75 Å². The van der Waals surface area contributed by atoms with Crippen molar-refractivity contribution in [2.24, 2.45) is 0 Å². The van der Waals surface area contributed by atoms with Gasteiger partial charge in [-0.15, -0.1) is 0 Å². The molecule has 1 fully saturated rings. The van der Waals surface area contributed by atoms with Crippen LogP contribution in [0.2, 0.25) is 5.02 Å². The van der Waals surface area contributed by atoms with Crippen molar-refractivity contribution in [2.75, 3.05) is 40.0 Å². The van der Waals surface area contributed by atoms with Gasteiger partial charge in [-0.2, -0.15) is 0 Å². The Kier molecular flexibility index (Phi) is 6.10. The Morgan fingerprint density at radius 2 is 2.15 bits per heavy atom. The van der Waals surface area contributed by atoms with Crippen LogP contribution in [-0.4, -0.2) is 50.9 Å². The van der Waals surface area contributed by atoms with Gasteiger partial charge in [0.05, 0.1) is 20.3 Å². The van der Waals surface area contributed by atoms with Crippen molar-refractivity contribution in [1.29, 1.82) is 0 Å². The first kappa shape index (κ1) is 15.6. The Bertz CT molecular complexity index is 422. The molecule has 20 heavy (non-hydrogen) atoms. The van der Waals surface area contributed by atoms with E-state index in [0.717, 1.165) is 55.7 Å². The molecule has 0 amide bonds. The van der Waals surface area contributed by atoms with Crippen LogP contribution in [-0.2, 0) is 11.3 Å². The Hall–Kier alpha value is -0.810. The zero-order valence-electron chi connectivity index (χ0n) is 12.2. The highest BCUT2D eigenvalue weighted by Crippen LogP contribution is 2.22. The van der Waals surface area contributed by atoms with Crippen molar-refractivity contribution in [1.82, 2.24) is 10.2 Å². The summed E-state index contributed by atoms with van der Waals surface area (Å²) in [7, 11) is 1.68. The molecule has 1 aromatic rings. The first-order valence-corrected chi connectivity index (χ1v) is 7.42. The molecule has 0 aliphatic carbocycles. The normalized spacial score (nSPS) is 17.9. The molecule has 0 bridgehead atoms. The summed E-state index contributed by atoms with van der Waals surface area (Å²) in [5, 5.41) is 4.27. The van der Waals surface area contributed by atoms with Gasteiger partial charge in [-0.3, -0.25) is 4.90 Å². The van der Waals surface area contributed by atoms with Crippen LogP contribution in [0.5, 0.6) is 5.75 Å². The highest BCUT2D eigenvalue weighted by atomic mass is 35.5. The average Bonchev–Trinajstić information content (AvgIpc) is 2.46. The Balaban J connectivity index is 1.83. The second kappa shape index (κ2) is 7.84. The molecule has 1 aliphatic rings. The zero-order chi connectivity index (χ0) is 14.4. The highest BCUT2D eigenvalue weighted by Gasteiger charge is 2.14. The van der Waals surface area contributed by atoms with Crippen LogP contribution in [0.15, 0.2) is 18.2 Å². The smallest absolute Gasteiger partial charge is 0.123 e. The van der Waals surface area contributed by atoms with E-state index in [1.165, 1.54) is 0 Å². The Morgan fingerprint density at radius 1 is 1.40 bits per heavy atom. The monoisotopic (exact) mass is 298 g/mol. The predicted octanol–water partition coefficient (Wildman–Crippen LogP) is 2.16. The van der Waals surface area contributed by atoms with Gasteiger partial charge in [-0.1, -0.05) is 11.6 Å². The van der Waals surface area contributed by atoms with Crippen LogP contribution in [0.3, 0.4) is 0 Å². The lowest BCUT2D eigenvalue weighted by atomic mass is 10.2. The number of halogens is 1. The number of nitrogens with zero attached hydrogens (tertiary/aromatic N) is 1. The molecule has 2 rings (SSSR count). The van der Waals surface area contributed by atoms with E-state index < -0.39 is 0 Å². The minimum absolute atomic E-state index is 0.414. The van der Waals surface area contributed by atoms with Crippen molar-refractivity contribution in [2.45, 2.75) is 19.5 Å². The standard InChI is InChI=1S/C15H23ClN2O2/c1-12(11-18-5-7-20-8-6-18)17-10-13-9-14(16)3-4-15(13)19-2/h3-4,9,12,17H,5-8,10-11H2,1-2H3. The predicted molar refractivity (Wildman–Crippen MR) is 81.6 cm³/mol. The second-order valence-electron chi connectivity index (χ2n) is 5.15. The molecule has 112 valence electrons. The number of hydrogen-bond donors (Lipinski definition) is 1. The number of morpholine rings is 1. The van der Waals surface area contributed by atoms with Gasteiger partial charge >= 0.3 is 0 Å². The number of methoxy groups -OCH3 is 1. The summed E-state index contributed by atoms with van der Waals surface area (Å²) in [5.74, 6) is 0.875. The second-order valence-corrected chi connectivity index (χ2v) is 5.59. The molecule has 5 heteroatoms. The maximum absolute atomic E-state index is 6.04. The lowest BCUT2D eigenvalue weighted by Gasteiger charge is -2.29. The first-order valence-electron chi connectivity index (χ1n) is 7.05. The molecule has 1 atom stereocenters. The summed E-state index contributed by atoms with van der Waals surface area (Å²) < 4.78 is 10.7. The summed E-state index contributed by atoms with van der Waals surface area (Å²) in [5.41, 5.74) is 1.09. The lowest BCUT2D eigenvalue weighted by molar-refractivity contribution is 0.0343. The number of benzene rings is 1. The van der Waals surface area contributed by atoms with Crippen molar-refractivity contribution < 1.29 is 9.47 Å². The molecular weight excluding hydrogens is 276 g/mol. The fraction of sp³-hybridized carbons (Fsp3) is 0.600. The molecule has 4 nitrogen and oxygen atoms in total. The van der Waals surface area contributed by atoms with Crippen LogP contribution in [0.4, 0.5) is 0 Å². The van der Waals surface area contributed by atoms with Gasteiger partial charge in [0, 0.05) is 42.8 Å². The Morgan fingerprint density at radius 3 is 2.85 bits per heavy atom. The van der Waals surface area contributed by atoms with E-state index in [0.29, 0.717) is 6.04 Å². The molecule has 1 aromatic carbocycles. The number of nitrogens with one attached hydrogen (secondary N) is 1. The van der Waals surface area contributed by atoms with Crippen LogP contribution in [0.25, 0.3) is 0 Å². The van der Waals surface area contributed by atoms with Gasteiger partial charge in [0.25, 0.3) is 0 Å². The average molecular weight is 299 g/mol. The van der Waals surface area contributed by atoms with E-state index in [4.69, 9.17) is 21.1 Å². The van der Waals surface area contributed by atoms with Crippen molar-refractivity contribution >= 4 is 11.6 Å². The molecular formula is C15H23ClN2O2. The molecule has 1 unspecified atom stereocenters. The number of rotatable bonds is 6. The number of hydrogen-bond acceptors (Lipinski definition) is 4. The maximum atomic E-state index is 6.04. The summed E-state index contributed by atoms with van der Waals surface area (Å²) >= 11 is 6.04. The summed E-state index contributed by atoms with van der Waals surface area (Å²) in [4.78, 5) is 2.43. The van der Waals surface area contributed by atoms with Crippen molar-refractivity contribution in [3.05, 3.63) is 28.8 Å². The van der Waals surface area contributed by atoms with Crippen LogP contribution >= 0.6 is 11.6 Å². The molecule has 1 N–H and O–H groups in total. The van der Waals surface area contributed by atoms with E-state index >= 15 is 0 Å². The largest absolute Gasteiger partial charge is 0.496 e. The van der Waals surface area contributed by atoms with Crippen molar-refractivity contribution in [3.8, 4) is 5.75 Å². The molecule has 0 radical (unpaired) electrons. The lowest BCUT2D eigenvalue weighted by Crippen LogP contribution is -2.44. The van der Waals surface area contributed by atoms with Gasteiger partial charge in [0.2, 0.25) is 0 Å². The molecule has 0 aromatic heterocycles. The van der Waals surface area contributed by atoms with E-state index in [-0.39, 0.29) is 0 Å². The molecule has 0 saturated carbocycles. The highest BCUT2D eigenvalue weighted by molar-refractivity contribution is 6.30. The van der Waals surface area contributed by atoms with E-state index in [9.17, 15) is 0 Å². The fourth-order valence-corrected chi connectivity index (χ4v) is 2.60.